The second kappa shape index (κ2) is 7.32. The molecule has 0 atom stereocenters. The smallest absolute Gasteiger partial charge is 0.270 e. The molecule has 3 heterocycles. The van der Waals surface area contributed by atoms with Gasteiger partial charge in [-0.15, -0.1) is 0 Å². The average Bonchev–Trinajstić information content (AvgIpc) is 2.71. The summed E-state index contributed by atoms with van der Waals surface area (Å²) in [5.41, 5.74) is 4.98. The first-order valence-electron chi connectivity index (χ1n) is 10.1. The van der Waals surface area contributed by atoms with Gasteiger partial charge >= 0.3 is 0 Å². The Kier molecular flexibility index (Phi) is 4.62. The summed E-state index contributed by atoms with van der Waals surface area (Å²) in [6.07, 6.45) is 5.82. The molecule has 1 fully saturated rings. The van der Waals surface area contributed by atoms with Crippen LogP contribution < -0.4 is 15.1 Å². The van der Waals surface area contributed by atoms with E-state index in [4.69, 9.17) is 12.2 Å². The number of halogens is 1. The number of aryl methyl sites for hydroxylation is 2. The molecule has 0 unspecified atom stereocenters. The maximum Gasteiger partial charge on any atom is 0.270 e. The number of benzene rings is 2. The maximum absolute atomic E-state index is 13.7. The monoisotopic (exact) mass is 421 g/mol. The number of hydrogen-bond acceptors (Lipinski definition) is 4. The summed E-state index contributed by atoms with van der Waals surface area (Å²) >= 11 is 5.18. The summed E-state index contributed by atoms with van der Waals surface area (Å²) in [6, 6.07) is 9.74. The van der Waals surface area contributed by atoms with E-state index in [1.54, 1.807) is 12.1 Å². The lowest BCUT2D eigenvalue weighted by molar-refractivity contribution is -0.122. The molecule has 0 aromatic heterocycles. The first-order valence-corrected chi connectivity index (χ1v) is 10.5. The lowest BCUT2D eigenvalue weighted by Gasteiger charge is -2.37. The van der Waals surface area contributed by atoms with E-state index in [9.17, 15) is 14.0 Å². The van der Waals surface area contributed by atoms with Crippen molar-refractivity contribution in [1.82, 2.24) is 5.32 Å². The SMILES string of the molecule is O=C1NC(=S)N(c2cccc(F)c2)C(=O)/C1=C/c1cc2c3c(c1)CCCN3CCC2. The van der Waals surface area contributed by atoms with Crippen LogP contribution in [0.3, 0.4) is 0 Å². The number of thiocarbonyl (C=S) groups is 1. The molecule has 5 rings (SSSR count). The molecule has 3 aliphatic heterocycles. The van der Waals surface area contributed by atoms with Gasteiger partial charge in [-0.2, -0.15) is 0 Å². The van der Waals surface area contributed by atoms with Crippen molar-refractivity contribution in [1.29, 1.82) is 0 Å². The van der Waals surface area contributed by atoms with Crippen molar-refractivity contribution in [3.63, 3.8) is 0 Å². The van der Waals surface area contributed by atoms with E-state index in [1.807, 2.05) is 0 Å². The number of rotatable bonds is 2. The van der Waals surface area contributed by atoms with Crippen molar-refractivity contribution in [3.8, 4) is 0 Å². The average molecular weight is 421 g/mol. The molecule has 0 radical (unpaired) electrons. The fourth-order valence-electron chi connectivity index (χ4n) is 4.59. The molecule has 0 spiro atoms. The summed E-state index contributed by atoms with van der Waals surface area (Å²) in [5, 5.41) is 2.50. The fourth-order valence-corrected chi connectivity index (χ4v) is 4.87. The quantitative estimate of drug-likeness (QED) is 0.459. The van der Waals surface area contributed by atoms with E-state index in [1.165, 1.54) is 35.0 Å². The third kappa shape index (κ3) is 3.19. The van der Waals surface area contributed by atoms with Gasteiger partial charge in [0.1, 0.15) is 11.4 Å². The zero-order valence-corrected chi connectivity index (χ0v) is 17.1. The molecule has 152 valence electrons. The van der Waals surface area contributed by atoms with Crippen molar-refractivity contribution in [2.24, 2.45) is 0 Å². The van der Waals surface area contributed by atoms with Crippen LogP contribution in [0.2, 0.25) is 0 Å². The summed E-state index contributed by atoms with van der Waals surface area (Å²) in [7, 11) is 0. The molecule has 2 aromatic carbocycles. The summed E-state index contributed by atoms with van der Waals surface area (Å²) in [4.78, 5) is 29.3. The van der Waals surface area contributed by atoms with Crippen LogP contribution in [0.1, 0.15) is 29.5 Å². The highest BCUT2D eigenvalue weighted by atomic mass is 32.1. The van der Waals surface area contributed by atoms with Crippen LogP contribution >= 0.6 is 12.2 Å². The number of amides is 2. The summed E-state index contributed by atoms with van der Waals surface area (Å²) in [5.74, 6) is -1.57. The molecule has 0 bridgehead atoms. The molecule has 1 N–H and O–H groups in total. The van der Waals surface area contributed by atoms with Gasteiger partial charge in [0, 0.05) is 18.8 Å². The molecular formula is C23H20FN3O2S. The van der Waals surface area contributed by atoms with Crippen molar-refractivity contribution in [3.05, 3.63) is 64.5 Å². The molecule has 7 heteroatoms. The van der Waals surface area contributed by atoms with E-state index >= 15 is 0 Å². The topological polar surface area (TPSA) is 52.7 Å². The molecule has 0 saturated carbocycles. The Hall–Kier alpha value is -3.06. The third-order valence-corrected chi connectivity index (χ3v) is 6.12. The minimum atomic E-state index is -0.553. The Balaban J connectivity index is 1.55. The van der Waals surface area contributed by atoms with E-state index in [-0.39, 0.29) is 16.4 Å². The highest BCUT2D eigenvalue weighted by molar-refractivity contribution is 7.80. The van der Waals surface area contributed by atoms with Gasteiger partial charge in [-0.25, -0.2) is 4.39 Å². The minimum Gasteiger partial charge on any atom is -0.371 e. The number of carbonyl (C=O) groups is 2. The van der Waals surface area contributed by atoms with Crippen molar-refractivity contribution < 1.29 is 14.0 Å². The summed E-state index contributed by atoms with van der Waals surface area (Å²) < 4.78 is 13.7. The van der Waals surface area contributed by atoms with Gasteiger partial charge in [-0.05, 0) is 91.0 Å². The van der Waals surface area contributed by atoms with Gasteiger partial charge in [0.25, 0.3) is 11.8 Å². The summed E-state index contributed by atoms with van der Waals surface area (Å²) in [6.45, 7) is 2.17. The van der Waals surface area contributed by atoms with Crippen LogP contribution in [0.15, 0.2) is 42.0 Å². The number of hydrogen-bond donors (Lipinski definition) is 1. The highest BCUT2D eigenvalue weighted by Crippen LogP contribution is 2.36. The number of nitrogens with zero attached hydrogens (tertiary/aromatic N) is 2. The normalized spacial score (nSPS) is 19.8. The van der Waals surface area contributed by atoms with Gasteiger partial charge in [0.2, 0.25) is 0 Å². The van der Waals surface area contributed by atoms with Crippen LogP contribution in [0.5, 0.6) is 0 Å². The molecular weight excluding hydrogens is 401 g/mol. The zero-order valence-electron chi connectivity index (χ0n) is 16.3. The van der Waals surface area contributed by atoms with Gasteiger partial charge in [-0.3, -0.25) is 19.8 Å². The highest BCUT2D eigenvalue weighted by Gasteiger charge is 2.35. The van der Waals surface area contributed by atoms with Gasteiger partial charge in [0.05, 0.1) is 5.69 Å². The lowest BCUT2D eigenvalue weighted by Crippen LogP contribution is -2.54. The van der Waals surface area contributed by atoms with Crippen LogP contribution in [0, 0.1) is 5.82 Å². The van der Waals surface area contributed by atoms with Gasteiger partial charge < -0.3 is 4.90 Å². The minimum absolute atomic E-state index is 0.0107. The second-order valence-corrected chi connectivity index (χ2v) is 8.21. The van der Waals surface area contributed by atoms with Crippen LogP contribution in [0.4, 0.5) is 15.8 Å². The number of nitrogens with one attached hydrogen (secondary N) is 1. The molecule has 2 aromatic rings. The van der Waals surface area contributed by atoms with Crippen molar-refractivity contribution >= 4 is 46.6 Å². The van der Waals surface area contributed by atoms with Crippen LogP contribution in [0.25, 0.3) is 6.08 Å². The standard InChI is InChI=1S/C23H20FN3O2S/c24-17-6-1-7-18(13-17)27-22(29)19(21(28)25-23(27)30)12-14-10-15-4-2-8-26-9-3-5-16(11-14)20(15)26/h1,6-7,10-13H,2-5,8-9H2,(H,25,28,30)/b19-12+. The Bertz CT molecular complexity index is 1100. The molecule has 0 aliphatic carbocycles. The Morgan fingerprint density at radius 1 is 1.03 bits per heavy atom. The fraction of sp³-hybridized carbons (Fsp3) is 0.261. The third-order valence-electron chi connectivity index (χ3n) is 5.83. The van der Waals surface area contributed by atoms with Crippen LogP contribution in [-0.2, 0) is 22.4 Å². The largest absolute Gasteiger partial charge is 0.371 e. The van der Waals surface area contributed by atoms with E-state index in [0.717, 1.165) is 49.2 Å². The molecule has 2 amide bonds. The number of carbonyl (C=O) groups excluding carboxylic acids is 2. The Labute approximate surface area is 179 Å². The van der Waals surface area contributed by atoms with E-state index < -0.39 is 17.6 Å². The molecule has 1 saturated heterocycles. The van der Waals surface area contributed by atoms with E-state index in [0.29, 0.717) is 0 Å². The van der Waals surface area contributed by atoms with Crippen molar-refractivity contribution in [2.75, 3.05) is 22.9 Å². The van der Waals surface area contributed by atoms with E-state index in [2.05, 4.69) is 22.3 Å². The Morgan fingerprint density at radius 2 is 1.73 bits per heavy atom. The molecule has 30 heavy (non-hydrogen) atoms. The van der Waals surface area contributed by atoms with Gasteiger partial charge in [-0.1, -0.05) is 6.07 Å². The predicted molar refractivity (Wildman–Crippen MR) is 118 cm³/mol. The number of anilines is 2. The first kappa shape index (κ1) is 18.9. The van der Waals surface area contributed by atoms with Crippen LogP contribution in [-0.4, -0.2) is 30.0 Å². The predicted octanol–water partition coefficient (Wildman–Crippen LogP) is 3.36. The van der Waals surface area contributed by atoms with Gasteiger partial charge in [0.15, 0.2) is 5.11 Å². The van der Waals surface area contributed by atoms with Crippen molar-refractivity contribution in [2.45, 2.75) is 25.7 Å². The Morgan fingerprint density at radius 3 is 2.40 bits per heavy atom. The zero-order chi connectivity index (χ0) is 20.8. The lowest BCUT2D eigenvalue weighted by atomic mass is 9.89. The molecule has 5 nitrogen and oxygen atoms in total. The maximum atomic E-state index is 13.7. The molecule has 3 aliphatic rings. The first-order chi connectivity index (χ1) is 14.5. The second-order valence-electron chi connectivity index (χ2n) is 7.82.